The van der Waals surface area contributed by atoms with Crippen LogP contribution in [-0.4, -0.2) is 18.3 Å². The van der Waals surface area contributed by atoms with Crippen molar-refractivity contribution in [1.29, 1.82) is 0 Å². The maximum absolute atomic E-state index is 7.95. The van der Waals surface area contributed by atoms with Gasteiger partial charge in [-0.05, 0) is 6.42 Å². The minimum absolute atomic E-state index is 0. The Labute approximate surface area is 86.2 Å². The Bertz CT molecular complexity index is 21.6. The Morgan fingerprint density at radius 3 is 1.36 bits per heavy atom. The van der Waals surface area contributed by atoms with Crippen molar-refractivity contribution in [2.75, 3.05) is 13.2 Å². The van der Waals surface area contributed by atoms with E-state index in [2.05, 4.69) is 0 Å². The van der Waals surface area contributed by atoms with E-state index in [9.17, 15) is 0 Å². The van der Waals surface area contributed by atoms with E-state index in [1.165, 1.54) is 0 Å². The summed E-state index contributed by atoms with van der Waals surface area (Å²) in [6.07, 6.45) is 0.611. The number of nitrogens with one attached hydrogen (secondary N) is 1. The van der Waals surface area contributed by atoms with Crippen molar-refractivity contribution >= 4 is 0 Å². The van der Waals surface area contributed by atoms with E-state index >= 15 is 0 Å². The normalized spacial score (nSPS) is 4.91. The number of aliphatic hydroxyl groups excluding tert-OH is 1. The van der Waals surface area contributed by atoms with Gasteiger partial charge in [-0.3, -0.25) is 0 Å². The van der Waals surface area contributed by atoms with Crippen molar-refractivity contribution < 1.29 is 25.5 Å². The first-order chi connectivity index (χ1) is 4.41. The van der Waals surface area contributed by atoms with Gasteiger partial charge < -0.3 is 18.3 Å². The van der Waals surface area contributed by atoms with E-state index in [0.717, 1.165) is 0 Å². The van der Waals surface area contributed by atoms with Gasteiger partial charge in [0.25, 0.3) is 0 Å². The van der Waals surface area contributed by atoms with Crippen molar-refractivity contribution in [2.24, 2.45) is 0 Å². The molecule has 2 nitrogen and oxygen atoms in total. The molecule has 0 aromatic carbocycles. The van der Waals surface area contributed by atoms with E-state index in [-0.39, 0.29) is 34.5 Å². The van der Waals surface area contributed by atoms with Crippen molar-refractivity contribution in [2.45, 2.75) is 34.1 Å². The van der Waals surface area contributed by atoms with Gasteiger partial charge in [-0.2, -0.15) is 0 Å². The molecule has 0 aromatic heterocycles. The van der Waals surface area contributed by atoms with Crippen LogP contribution in [0, 0.1) is 7.43 Å². The summed E-state index contributed by atoms with van der Waals surface area (Å²) in [6, 6.07) is 0. The van der Waals surface area contributed by atoms with Gasteiger partial charge >= 0.3 is 0 Å². The van der Waals surface area contributed by atoms with Crippen molar-refractivity contribution in [3.8, 4) is 0 Å². The second-order valence-electron chi connectivity index (χ2n) is 0.827. The van der Waals surface area contributed by atoms with E-state index in [1.807, 2.05) is 27.7 Å². The molecule has 11 heavy (non-hydrogen) atoms. The van der Waals surface area contributed by atoms with Crippen molar-refractivity contribution in [3.05, 3.63) is 13.2 Å². The van der Waals surface area contributed by atoms with Gasteiger partial charge in [-0.25, -0.2) is 0 Å². The summed E-state index contributed by atoms with van der Waals surface area (Å²) < 4.78 is 0. The topological polar surface area (TPSA) is 44.0 Å². The molecule has 0 saturated heterocycles. The van der Waals surface area contributed by atoms with Crippen molar-refractivity contribution in [1.82, 2.24) is 0 Å². The third-order valence-corrected chi connectivity index (χ3v) is 0.335. The average Bonchev–Trinajstić information content (AvgIpc) is 1.98. The predicted octanol–water partition coefficient (Wildman–Crippen LogP) is 2.92. The SMILES string of the molecule is CC.CC.[CH3-].[NH-]CCCO.[Re]. The standard InChI is InChI=1S/C3H8NO.2C2H6.CH3.Re/c4-2-1-3-5;2*1-2;;/h4-5H,1-3H2;2*1-2H3;1H3;/q-1;;;-1;. The molecule has 0 unspecified atom stereocenters. The summed E-state index contributed by atoms with van der Waals surface area (Å²) in [5.41, 5.74) is 6.44. The fraction of sp³-hybridized carbons (Fsp3) is 0.875. The van der Waals surface area contributed by atoms with Crippen LogP contribution in [0.25, 0.3) is 5.73 Å². The van der Waals surface area contributed by atoms with Crippen LogP contribution < -0.4 is 0 Å². The van der Waals surface area contributed by atoms with Crippen LogP contribution in [0.3, 0.4) is 0 Å². The van der Waals surface area contributed by atoms with Crippen molar-refractivity contribution in [3.63, 3.8) is 0 Å². The van der Waals surface area contributed by atoms with Gasteiger partial charge in [0.2, 0.25) is 0 Å². The summed E-state index contributed by atoms with van der Waals surface area (Å²) in [6.45, 7) is 8.50. The van der Waals surface area contributed by atoms with Gasteiger partial charge in [0, 0.05) is 27.0 Å². The smallest absolute Gasteiger partial charge is 0.0414 e. The summed E-state index contributed by atoms with van der Waals surface area (Å²) in [4.78, 5) is 0. The molecule has 0 aliphatic heterocycles. The molecule has 0 bridgehead atoms. The molecule has 2 N–H and O–H groups in total. The Kier molecular flexibility index (Phi) is 206. The summed E-state index contributed by atoms with van der Waals surface area (Å²) in [5, 5.41) is 7.95. The van der Waals surface area contributed by atoms with Crippen LogP contribution in [0.5, 0.6) is 0 Å². The Morgan fingerprint density at radius 1 is 1.09 bits per heavy atom. The van der Waals surface area contributed by atoms with Gasteiger partial charge in [0.05, 0.1) is 0 Å². The molecular formula is C8H23NORe-2. The molecule has 0 saturated carbocycles. The molecule has 75 valence electrons. The Balaban J connectivity index is -0.0000000178. The Morgan fingerprint density at radius 2 is 1.36 bits per heavy atom. The van der Waals surface area contributed by atoms with Gasteiger partial charge in [-0.1, -0.05) is 27.7 Å². The fourth-order valence-electron chi connectivity index (χ4n) is 0.0791. The third-order valence-electron chi connectivity index (χ3n) is 0.335. The zero-order valence-electron chi connectivity index (χ0n) is 8.45. The van der Waals surface area contributed by atoms with Crippen LogP contribution in [0.1, 0.15) is 34.1 Å². The summed E-state index contributed by atoms with van der Waals surface area (Å²) in [5.74, 6) is 0. The van der Waals surface area contributed by atoms with Gasteiger partial charge in [-0.15, -0.1) is 6.54 Å². The minimum Gasteiger partial charge on any atom is -0.677 e. The first kappa shape index (κ1) is 29.9. The third kappa shape index (κ3) is 117. The van der Waals surface area contributed by atoms with Crippen LogP contribution in [0.2, 0.25) is 0 Å². The average molecular weight is 335 g/mol. The predicted molar refractivity (Wildman–Crippen MR) is 50.0 cm³/mol. The fourth-order valence-corrected chi connectivity index (χ4v) is 0.0791. The molecule has 0 heterocycles. The molecule has 0 rings (SSSR count). The quantitative estimate of drug-likeness (QED) is 0.775. The number of hydrogen-bond acceptors (Lipinski definition) is 1. The number of rotatable bonds is 2. The zero-order valence-corrected chi connectivity index (χ0v) is 11.2. The molecule has 0 spiro atoms. The van der Waals surface area contributed by atoms with Gasteiger partial charge in [0.1, 0.15) is 0 Å². The summed E-state index contributed by atoms with van der Waals surface area (Å²) in [7, 11) is 0. The molecular weight excluding hydrogens is 312 g/mol. The van der Waals surface area contributed by atoms with E-state index < -0.39 is 0 Å². The first-order valence-corrected chi connectivity index (χ1v) is 3.67. The molecule has 0 atom stereocenters. The molecule has 0 aromatic rings. The minimum atomic E-state index is 0. The zero-order chi connectivity index (χ0) is 8.12. The number of hydrogen-bond donors (Lipinski definition) is 1. The van der Waals surface area contributed by atoms with Gasteiger partial charge in [0.15, 0.2) is 0 Å². The Hall–Kier alpha value is 0.582. The second kappa shape index (κ2) is 75.7. The van der Waals surface area contributed by atoms with Crippen LogP contribution in [0.15, 0.2) is 0 Å². The molecule has 1 radical (unpaired) electrons. The molecule has 0 amide bonds. The summed E-state index contributed by atoms with van der Waals surface area (Å²) >= 11 is 0. The molecule has 3 heteroatoms. The van der Waals surface area contributed by atoms with E-state index in [4.69, 9.17) is 10.8 Å². The van der Waals surface area contributed by atoms with E-state index in [0.29, 0.717) is 13.0 Å². The maximum Gasteiger partial charge on any atom is 0.0414 e. The maximum atomic E-state index is 7.95. The first-order valence-electron chi connectivity index (χ1n) is 3.67. The van der Waals surface area contributed by atoms with Crippen LogP contribution in [-0.2, 0) is 20.4 Å². The monoisotopic (exact) mass is 336 g/mol. The van der Waals surface area contributed by atoms with Crippen LogP contribution >= 0.6 is 0 Å². The molecule has 0 fully saturated rings. The molecule has 0 aliphatic rings. The largest absolute Gasteiger partial charge is 0.677 e. The second-order valence-corrected chi connectivity index (χ2v) is 0.827. The van der Waals surface area contributed by atoms with E-state index in [1.54, 1.807) is 0 Å². The molecule has 0 aliphatic carbocycles. The van der Waals surface area contributed by atoms with Crippen LogP contribution in [0.4, 0.5) is 0 Å². The number of aliphatic hydroxyl groups is 1.